The first kappa shape index (κ1) is 9.41. The van der Waals surface area contributed by atoms with E-state index in [1.807, 2.05) is 19.9 Å². The molecule has 58 valence electrons. The van der Waals surface area contributed by atoms with E-state index < -0.39 is 6.10 Å². The van der Waals surface area contributed by atoms with Crippen LogP contribution >= 0.6 is 0 Å². The largest absolute Gasteiger partial charge is 0.391 e. The van der Waals surface area contributed by atoms with Crippen molar-refractivity contribution in [1.29, 1.82) is 5.26 Å². The average Bonchev–Trinajstić information content (AvgIpc) is 1.85. The zero-order chi connectivity index (χ0) is 7.98. The van der Waals surface area contributed by atoms with Crippen molar-refractivity contribution in [3.63, 3.8) is 0 Å². The Kier molecular flexibility index (Phi) is 4.91. The van der Waals surface area contributed by atoms with Gasteiger partial charge in [0.05, 0.1) is 18.6 Å². The fourth-order valence-electron chi connectivity index (χ4n) is 0.549. The molecule has 1 atom stereocenters. The van der Waals surface area contributed by atoms with Crippen molar-refractivity contribution in [1.82, 2.24) is 5.32 Å². The molecule has 0 fully saturated rings. The number of nitrogens with one attached hydrogen (secondary N) is 1. The Bertz CT molecular complexity index is 117. The second-order valence-electron chi connectivity index (χ2n) is 2.58. The van der Waals surface area contributed by atoms with Gasteiger partial charge in [-0.3, -0.25) is 0 Å². The van der Waals surface area contributed by atoms with Crippen LogP contribution in [-0.4, -0.2) is 23.8 Å². The minimum atomic E-state index is -0.521. The number of rotatable bonds is 4. The molecule has 0 aliphatic rings. The smallest absolute Gasteiger partial charge is 0.0794 e. The predicted molar refractivity (Wildman–Crippen MR) is 39.4 cm³/mol. The topological polar surface area (TPSA) is 56.0 Å². The van der Waals surface area contributed by atoms with Crippen LogP contribution in [0.25, 0.3) is 0 Å². The van der Waals surface area contributed by atoms with Crippen molar-refractivity contribution in [3.05, 3.63) is 0 Å². The quantitative estimate of drug-likeness (QED) is 0.592. The number of nitrogens with zero attached hydrogens (tertiary/aromatic N) is 1. The van der Waals surface area contributed by atoms with E-state index in [9.17, 15) is 0 Å². The third-order valence-electron chi connectivity index (χ3n) is 1.09. The van der Waals surface area contributed by atoms with E-state index in [0.29, 0.717) is 12.6 Å². The average molecular weight is 142 g/mol. The fraction of sp³-hybridized carbons (Fsp3) is 0.857. The SMILES string of the molecule is CC(C)NC[C@H](O)CC#N. The Morgan fingerprint density at radius 2 is 2.20 bits per heavy atom. The first-order valence-electron chi connectivity index (χ1n) is 3.45. The highest BCUT2D eigenvalue weighted by molar-refractivity contribution is 4.76. The van der Waals surface area contributed by atoms with Gasteiger partial charge in [0.15, 0.2) is 0 Å². The van der Waals surface area contributed by atoms with E-state index >= 15 is 0 Å². The molecule has 0 heterocycles. The molecule has 3 heteroatoms. The van der Waals surface area contributed by atoms with Crippen LogP contribution in [0.2, 0.25) is 0 Å². The molecule has 0 saturated heterocycles. The third-order valence-corrected chi connectivity index (χ3v) is 1.09. The lowest BCUT2D eigenvalue weighted by atomic mass is 10.2. The van der Waals surface area contributed by atoms with Crippen LogP contribution in [0, 0.1) is 11.3 Å². The number of hydrogen-bond acceptors (Lipinski definition) is 3. The molecule has 0 aliphatic carbocycles. The lowest BCUT2D eigenvalue weighted by molar-refractivity contribution is 0.173. The summed E-state index contributed by atoms with van der Waals surface area (Å²) in [6, 6.07) is 2.27. The number of aliphatic hydroxyl groups excluding tert-OH is 1. The molecular weight excluding hydrogens is 128 g/mol. The summed E-state index contributed by atoms with van der Waals surface area (Å²) < 4.78 is 0. The fourth-order valence-corrected chi connectivity index (χ4v) is 0.549. The van der Waals surface area contributed by atoms with Crippen molar-refractivity contribution in [2.75, 3.05) is 6.54 Å². The lowest BCUT2D eigenvalue weighted by Crippen LogP contribution is -2.31. The maximum atomic E-state index is 9.01. The molecule has 0 amide bonds. The van der Waals surface area contributed by atoms with Crippen molar-refractivity contribution in [2.24, 2.45) is 0 Å². The molecule has 0 saturated carbocycles. The van der Waals surface area contributed by atoms with Crippen LogP contribution in [0.15, 0.2) is 0 Å². The van der Waals surface area contributed by atoms with Crippen molar-refractivity contribution < 1.29 is 5.11 Å². The minimum absolute atomic E-state index is 0.208. The summed E-state index contributed by atoms with van der Waals surface area (Å²) >= 11 is 0. The summed E-state index contributed by atoms with van der Waals surface area (Å²) in [4.78, 5) is 0. The van der Waals surface area contributed by atoms with Gasteiger partial charge >= 0.3 is 0 Å². The first-order chi connectivity index (χ1) is 4.66. The van der Waals surface area contributed by atoms with E-state index in [2.05, 4.69) is 5.32 Å². The van der Waals surface area contributed by atoms with Gasteiger partial charge in [0.2, 0.25) is 0 Å². The molecular formula is C7H14N2O. The van der Waals surface area contributed by atoms with Crippen LogP contribution in [0.1, 0.15) is 20.3 Å². The molecule has 0 unspecified atom stereocenters. The Hall–Kier alpha value is -0.590. The van der Waals surface area contributed by atoms with Gasteiger partial charge in [-0.1, -0.05) is 13.8 Å². The maximum Gasteiger partial charge on any atom is 0.0794 e. The molecule has 0 aromatic carbocycles. The number of aliphatic hydroxyl groups is 1. The van der Waals surface area contributed by atoms with Crippen molar-refractivity contribution in [2.45, 2.75) is 32.4 Å². The van der Waals surface area contributed by atoms with Gasteiger partial charge in [-0.25, -0.2) is 0 Å². The highest BCUT2D eigenvalue weighted by atomic mass is 16.3. The van der Waals surface area contributed by atoms with Gasteiger partial charge < -0.3 is 10.4 Å². The Labute approximate surface area is 61.7 Å². The highest BCUT2D eigenvalue weighted by Crippen LogP contribution is 1.87. The zero-order valence-corrected chi connectivity index (χ0v) is 6.46. The summed E-state index contributed by atoms with van der Waals surface area (Å²) in [5.41, 5.74) is 0. The maximum absolute atomic E-state index is 9.01. The Balaban J connectivity index is 3.23. The van der Waals surface area contributed by atoms with Crippen molar-refractivity contribution in [3.8, 4) is 6.07 Å². The van der Waals surface area contributed by atoms with Gasteiger partial charge in [-0.2, -0.15) is 5.26 Å². The predicted octanol–water partition coefficient (Wildman–Crippen LogP) is 0.259. The van der Waals surface area contributed by atoms with Gasteiger partial charge in [-0.05, 0) is 0 Å². The number of hydrogen-bond donors (Lipinski definition) is 2. The summed E-state index contributed by atoms with van der Waals surface area (Å²) in [5.74, 6) is 0. The molecule has 0 spiro atoms. The van der Waals surface area contributed by atoms with Gasteiger partial charge in [0.1, 0.15) is 0 Å². The van der Waals surface area contributed by atoms with E-state index in [1.54, 1.807) is 0 Å². The van der Waals surface area contributed by atoms with E-state index in [4.69, 9.17) is 10.4 Å². The summed E-state index contributed by atoms with van der Waals surface area (Å²) in [6.45, 7) is 4.50. The van der Waals surface area contributed by atoms with E-state index in [0.717, 1.165) is 0 Å². The van der Waals surface area contributed by atoms with Gasteiger partial charge in [-0.15, -0.1) is 0 Å². The van der Waals surface area contributed by atoms with Crippen LogP contribution in [0.4, 0.5) is 0 Å². The summed E-state index contributed by atoms with van der Waals surface area (Å²) in [5, 5.41) is 20.2. The second kappa shape index (κ2) is 5.21. The summed E-state index contributed by atoms with van der Waals surface area (Å²) in [6.07, 6.45) is -0.313. The Morgan fingerprint density at radius 3 is 2.60 bits per heavy atom. The minimum Gasteiger partial charge on any atom is -0.391 e. The molecule has 10 heavy (non-hydrogen) atoms. The summed E-state index contributed by atoms with van der Waals surface area (Å²) in [7, 11) is 0. The first-order valence-corrected chi connectivity index (χ1v) is 3.45. The molecule has 0 aliphatic heterocycles. The monoisotopic (exact) mass is 142 g/mol. The van der Waals surface area contributed by atoms with Gasteiger partial charge in [0, 0.05) is 12.6 Å². The second-order valence-corrected chi connectivity index (χ2v) is 2.58. The van der Waals surface area contributed by atoms with Crippen LogP contribution in [0.3, 0.4) is 0 Å². The molecule has 0 aromatic rings. The Morgan fingerprint density at radius 1 is 1.60 bits per heavy atom. The highest BCUT2D eigenvalue weighted by Gasteiger charge is 2.02. The van der Waals surface area contributed by atoms with Crippen LogP contribution < -0.4 is 5.32 Å². The van der Waals surface area contributed by atoms with E-state index in [1.165, 1.54) is 0 Å². The molecule has 0 aromatic heterocycles. The van der Waals surface area contributed by atoms with E-state index in [-0.39, 0.29) is 6.42 Å². The zero-order valence-electron chi connectivity index (χ0n) is 6.46. The normalized spacial score (nSPS) is 13.1. The molecule has 0 radical (unpaired) electrons. The van der Waals surface area contributed by atoms with Crippen molar-refractivity contribution >= 4 is 0 Å². The van der Waals surface area contributed by atoms with Crippen LogP contribution in [-0.2, 0) is 0 Å². The molecule has 3 nitrogen and oxygen atoms in total. The third kappa shape index (κ3) is 5.54. The molecule has 0 bridgehead atoms. The van der Waals surface area contributed by atoms with Crippen LogP contribution in [0.5, 0.6) is 0 Å². The molecule has 2 N–H and O–H groups in total. The number of nitriles is 1. The molecule has 0 rings (SSSR count). The van der Waals surface area contributed by atoms with Gasteiger partial charge in [0.25, 0.3) is 0 Å². The lowest BCUT2D eigenvalue weighted by Gasteiger charge is -2.10. The standard InChI is InChI=1S/C7H14N2O/c1-6(2)9-5-7(10)3-4-8/h6-7,9-10H,3,5H2,1-2H3/t7-/m1/s1.